The zero-order valence-electron chi connectivity index (χ0n) is 10.1. The molecule has 0 aliphatic rings. The average molecular weight is 309 g/mol. The van der Waals surface area contributed by atoms with E-state index < -0.39 is 0 Å². The highest BCUT2D eigenvalue weighted by molar-refractivity contribution is 9.10. The predicted molar refractivity (Wildman–Crippen MR) is 73.6 cm³/mol. The molecule has 2 rings (SSSR count). The van der Waals surface area contributed by atoms with Gasteiger partial charge in [-0.25, -0.2) is 4.39 Å². The molecule has 0 amide bonds. The lowest BCUT2D eigenvalue weighted by molar-refractivity contribution is 0.585. The number of aryl methyl sites for hydroxylation is 1. The summed E-state index contributed by atoms with van der Waals surface area (Å²) >= 11 is 3.34. The maximum Gasteiger partial charge on any atom is 0.127 e. The van der Waals surface area contributed by atoms with Gasteiger partial charge in [-0.1, -0.05) is 22.0 Å². The van der Waals surface area contributed by atoms with Gasteiger partial charge in [0.2, 0.25) is 0 Å². The first-order valence-electron chi connectivity index (χ1n) is 5.72. The Morgan fingerprint density at radius 2 is 2.11 bits per heavy atom. The molecular formula is C14H14BrFN2. The smallest absolute Gasteiger partial charge is 0.127 e. The molecule has 0 fully saturated rings. The van der Waals surface area contributed by atoms with Crippen LogP contribution in [0.1, 0.15) is 16.8 Å². The predicted octanol–water partition coefficient (Wildman–Crippen LogP) is 3.58. The lowest BCUT2D eigenvalue weighted by Crippen LogP contribution is -2.15. The van der Waals surface area contributed by atoms with Crippen LogP contribution in [-0.4, -0.2) is 4.98 Å². The number of benzene rings is 1. The minimum atomic E-state index is -0.191. The van der Waals surface area contributed by atoms with Crippen molar-refractivity contribution in [1.29, 1.82) is 0 Å². The van der Waals surface area contributed by atoms with Gasteiger partial charge in [0, 0.05) is 29.3 Å². The van der Waals surface area contributed by atoms with E-state index >= 15 is 0 Å². The fourth-order valence-corrected chi connectivity index (χ4v) is 2.11. The number of hydrogen-bond acceptors (Lipinski definition) is 2. The largest absolute Gasteiger partial charge is 0.307 e. The van der Waals surface area contributed by atoms with E-state index in [1.54, 1.807) is 18.3 Å². The Balaban J connectivity index is 1.96. The maximum atomic E-state index is 13.5. The zero-order chi connectivity index (χ0) is 13.0. The Bertz CT molecular complexity index is 543. The molecule has 2 aromatic rings. The quantitative estimate of drug-likeness (QED) is 0.934. The molecule has 1 heterocycles. The second-order valence-electron chi connectivity index (χ2n) is 4.11. The van der Waals surface area contributed by atoms with Crippen LogP contribution < -0.4 is 5.32 Å². The molecule has 0 bridgehead atoms. The average Bonchev–Trinajstić information content (AvgIpc) is 2.36. The topological polar surface area (TPSA) is 24.9 Å². The van der Waals surface area contributed by atoms with Crippen molar-refractivity contribution in [2.45, 2.75) is 20.0 Å². The van der Waals surface area contributed by atoms with Crippen LogP contribution in [0.3, 0.4) is 0 Å². The number of pyridine rings is 1. The van der Waals surface area contributed by atoms with Gasteiger partial charge in [-0.2, -0.15) is 0 Å². The van der Waals surface area contributed by atoms with Gasteiger partial charge in [0.15, 0.2) is 0 Å². The number of nitrogens with zero attached hydrogens (tertiary/aromatic N) is 1. The van der Waals surface area contributed by atoms with Crippen LogP contribution in [-0.2, 0) is 13.1 Å². The summed E-state index contributed by atoms with van der Waals surface area (Å²) in [5.74, 6) is -0.191. The first-order valence-corrected chi connectivity index (χ1v) is 6.51. The van der Waals surface area contributed by atoms with Crippen molar-refractivity contribution >= 4 is 15.9 Å². The van der Waals surface area contributed by atoms with Gasteiger partial charge in [0.05, 0.1) is 5.69 Å². The van der Waals surface area contributed by atoms with Crippen molar-refractivity contribution in [2.75, 3.05) is 0 Å². The lowest BCUT2D eigenvalue weighted by atomic mass is 10.2. The minimum Gasteiger partial charge on any atom is -0.307 e. The second-order valence-corrected chi connectivity index (χ2v) is 5.02. The Labute approximate surface area is 114 Å². The second kappa shape index (κ2) is 6.07. The zero-order valence-corrected chi connectivity index (χ0v) is 11.7. The summed E-state index contributed by atoms with van der Waals surface area (Å²) < 4.78 is 14.4. The van der Waals surface area contributed by atoms with E-state index in [1.165, 1.54) is 6.07 Å². The SMILES string of the molecule is Cc1cccnc1CNCc1cc(Br)ccc1F. The molecule has 0 saturated heterocycles. The third kappa shape index (κ3) is 3.37. The van der Waals surface area contributed by atoms with Gasteiger partial charge in [-0.3, -0.25) is 4.98 Å². The fourth-order valence-electron chi connectivity index (χ4n) is 1.70. The van der Waals surface area contributed by atoms with E-state index in [2.05, 4.69) is 26.2 Å². The van der Waals surface area contributed by atoms with Crippen LogP contribution in [0.5, 0.6) is 0 Å². The standard InChI is InChI=1S/C14H14BrFN2/c1-10-3-2-6-18-14(10)9-17-8-11-7-12(15)4-5-13(11)16/h2-7,17H,8-9H2,1H3. The molecule has 0 aliphatic heterocycles. The highest BCUT2D eigenvalue weighted by Crippen LogP contribution is 2.15. The Hall–Kier alpha value is -1.26. The molecule has 1 N–H and O–H groups in total. The molecule has 4 heteroatoms. The molecule has 0 saturated carbocycles. The maximum absolute atomic E-state index is 13.5. The van der Waals surface area contributed by atoms with E-state index in [-0.39, 0.29) is 5.82 Å². The van der Waals surface area contributed by atoms with Crippen LogP contribution >= 0.6 is 15.9 Å². The molecule has 1 aromatic carbocycles. The number of hydrogen-bond donors (Lipinski definition) is 1. The summed E-state index contributed by atoms with van der Waals surface area (Å²) in [6.07, 6.45) is 1.77. The minimum absolute atomic E-state index is 0.191. The highest BCUT2D eigenvalue weighted by Gasteiger charge is 2.03. The van der Waals surface area contributed by atoms with Crippen LogP contribution in [0.2, 0.25) is 0 Å². The molecule has 94 valence electrons. The molecule has 0 spiro atoms. The summed E-state index contributed by atoms with van der Waals surface area (Å²) in [5, 5.41) is 3.20. The monoisotopic (exact) mass is 308 g/mol. The van der Waals surface area contributed by atoms with Gasteiger partial charge < -0.3 is 5.32 Å². The van der Waals surface area contributed by atoms with Crippen molar-refractivity contribution in [3.05, 3.63) is 63.6 Å². The van der Waals surface area contributed by atoms with Gasteiger partial charge in [0.25, 0.3) is 0 Å². The van der Waals surface area contributed by atoms with Crippen LogP contribution in [0.4, 0.5) is 4.39 Å². The van der Waals surface area contributed by atoms with Crippen molar-refractivity contribution in [1.82, 2.24) is 10.3 Å². The molecule has 0 radical (unpaired) electrons. The summed E-state index contributed by atoms with van der Waals surface area (Å²) in [7, 11) is 0. The van der Waals surface area contributed by atoms with E-state index in [1.807, 2.05) is 19.1 Å². The first-order chi connectivity index (χ1) is 8.66. The van der Waals surface area contributed by atoms with Crippen LogP contribution in [0.25, 0.3) is 0 Å². The van der Waals surface area contributed by atoms with Crippen molar-refractivity contribution < 1.29 is 4.39 Å². The van der Waals surface area contributed by atoms with E-state index in [4.69, 9.17) is 0 Å². The molecule has 0 unspecified atom stereocenters. The third-order valence-corrected chi connectivity index (χ3v) is 3.23. The van der Waals surface area contributed by atoms with Crippen LogP contribution in [0, 0.1) is 12.7 Å². The first kappa shape index (κ1) is 13.2. The van der Waals surface area contributed by atoms with Gasteiger partial charge in [0.1, 0.15) is 5.82 Å². The van der Waals surface area contributed by atoms with Crippen molar-refractivity contribution in [3.8, 4) is 0 Å². The molecule has 2 nitrogen and oxygen atoms in total. The lowest BCUT2D eigenvalue weighted by Gasteiger charge is -2.08. The summed E-state index contributed by atoms with van der Waals surface area (Å²) in [4.78, 5) is 4.28. The van der Waals surface area contributed by atoms with E-state index in [0.717, 1.165) is 15.7 Å². The fraction of sp³-hybridized carbons (Fsp3) is 0.214. The van der Waals surface area contributed by atoms with Crippen LogP contribution in [0.15, 0.2) is 41.0 Å². The molecule has 18 heavy (non-hydrogen) atoms. The summed E-state index contributed by atoms with van der Waals surface area (Å²) in [6.45, 7) is 3.14. The van der Waals surface area contributed by atoms with Gasteiger partial charge in [-0.15, -0.1) is 0 Å². The molecular weight excluding hydrogens is 295 g/mol. The normalized spacial score (nSPS) is 10.6. The number of rotatable bonds is 4. The highest BCUT2D eigenvalue weighted by atomic mass is 79.9. The molecule has 0 aliphatic carbocycles. The van der Waals surface area contributed by atoms with Gasteiger partial charge >= 0.3 is 0 Å². The Morgan fingerprint density at radius 1 is 1.28 bits per heavy atom. The summed E-state index contributed by atoms with van der Waals surface area (Å²) in [5.41, 5.74) is 2.78. The third-order valence-electron chi connectivity index (χ3n) is 2.73. The Morgan fingerprint density at radius 3 is 2.89 bits per heavy atom. The van der Waals surface area contributed by atoms with E-state index in [9.17, 15) is 4.39 Å². The number of aromatic nitrogens is 1. The summed E-state index contributed by atoms with van der Waals surface area (Å²) in [6, 6.07) is 8.87. The number of nitrogens with one attached hydrogen (secondary N) is 1. The molecule has 1 aromatic heterocycles. The van der Waals surface area contributed by atoms with Crippen molar-refractivity contribution in [3.63, 3.8) is 0 Å². The number of halogens is 2. The van der Waals surface area contributed by atoms with E-state index in [0.29, 0.717) is 18.7 Å². The molecule has 0 atom stereocenters. The van der Waals surface area contributed by atoms with Gasteiger partial charge in [-0.05, 0) is 36.8 Å². The van der Waals surface area contributed by atoms with Crippen molar-refractivity contribution in [2.24, 2.45) is 0 Å². The Kier molecular flexibility index (Phi) is 4.44.